The topological polar surface area (TPSA) is 26.0 Å². The Bertz CT molecular complexity index is 194. The molecule has 1 radical (unpaired) electrons. The molecule has 1 aromatic rings. The SMILES string of the molecule is CCc1cc[c]cc1N. The third-order valence-corrected chi connectivity index (χ3v) is 1.37. The van der Waals surface area contributed by atoms with Crippen LogP contribution in [0.3, 0.4) is 0 Å². The lowest BCUT2D eigenvalue weighted by atomic mass is 10.1. The fraction of sp³-hybridized carbons (Fsp3) is 0.250. The van der Waals surface area contributed by atoms with Crippen LogP contribution in [0.4, 0.5) is 5.69 Å². The Morgan fingerprint density at radius 2 is 2.44 bits per heavy atom. The van der Waals surface area contributed by atoms with Gasteiger partial charge in [0.1, 0.15) is 0 Å². The largest absolute Gasteiger partial charge is 0.398 e. The molecule has 0 saturated heterocycles. The summed E-state index contributed by atoms with van der Waals surface area (Å²) in [5, 5.41) is 0. The highest BCUT2D eigenvalue weighted by Gasteiger charge is 1.90. The van der Waals surface area contributed by atoms with Gasteiger partial charge < -0.3 is 5.73 Å². The number of aryl methyl sites for hydroxylation is 1. The Balaban J connectivity index is 3.01. The Labute approximate surface area is 55.5 Å². The third kappa shape index (κ3) is 1.22. The predicted molar refractivity (Wildman–Crippen MR) is 39.1 cm³/mol. The number of anilines is 1. The number of nitrogens with two attached hydrogens (primary N) is 1. The third-order valence-electron chi connectivity index (χ3n) is 1.37. The smallest absolute Gasteiger partial charge is 0.0352 e. The molecule has 0 fully saturated rings. The maximum absolute atomic E-state index is 5.60. The van der Waals surface area contributed by atoms with Crippen LogP contribution in [0, 0.1) is 6.07 Å². The van der Waals surface area contributed by atoms with Gasteiger partial charge in [0.2, 0.25) is 0 Å². The number of nitrogen functional groups attached to an aromatic ring is 1. The van der Waals surface area contributed by atoms with E-state index >= 15 is 0 Å². The lowest BCUT2D eigenvalue weighted by Gasteiger charge is -1.98. The van der Waals surface area contributed by atoms with Gasteiger partial charge in [-0.05, 0) is 24.1 Å². The van der Waals surface area contributed by atoms with Gasteiger partial charge in [0.25, 0.3) is 0 Å². The van der Waals surface area contributed by atoms with Gasteiger partial charge in [-0.3, -0.25) is 0 Å². The van der Waals surface area contributed by atoms with Gasteiger partial charge in [-0.15, -0.1) is 0 Å². The van der Waals surface area contributed by atoms with E-state index in [1.165, 1.54) is 5.56 Å². The number of benzene rings is 1. The van der Waals surface area contributed by atoms with Crippen molar-refractivity contribution in [3.05, 3.63) is 29.8 Å². The van der Waals surface area contributed by atoms with Gasteiger partial charge in [0, 0.05) is 5.69 Å². The molecule has 1 rings (SSSR count). The molecule has 0 amide bonds. The maximum atomic E-state index is 5.60. The molecule has 0 saturated carbocycles. The molecular weight excluding hydrogens is 110 g/mol. The molecule has 0 aromatic heterocycles. The van der Waals surface area contributed by atoms with Crippen molar-refractivity contribution in [3.8, 4) is 0 Å². The number of hydrogen-bond donors (Lipinski definition) is 1. The zero-order chi connectivity index (χ0) is 6.69. The molecule has 2 N–H and O–H groups in total. The molecule has 1 nitrogen and oxygen atoms in total. The minimum atomic E-state index is 0.847. The predicted octanol–water partition coefficient (Wildman–Crippen LogP) is 1.63. The molecule has 1 heteroatoms. The van der Waals surface area contributed by atoms with E-state index in [1.54, 1.807) is 6.07 Å². The molecule has 0 unspecified atom stereocenters. The van der Waals surface area contributed by atoms with Crippen molar-refractivity contribution >= 4 is 5.69 Å². The van der Waals surface area contributed by atoms with Gasteiger partial charge >= 0.3 is 0 Å². The summed E-state index contributed by atoms with van der Waals surface area (Å²) in [4.78, 5) is 0. The van der Waals surface area contributed by atoms with Crippen LogP contribution in [0.25, 0.3) is 0 Å². The zero-order valence-electron chi connectivity index (χ0n) is 5.52. The highest BCUT2D eigenvalue weighted by molar-refractivity contribution is 5.45. The van der Waals surface area contributed by atoms with E-state index < -0.39 is 0 Å². The molecular formula is C8H10N. The van der Waals surface area contributed by atoms with Crippen LogP contribution in [0.2, 0.25) is 0 Å². The van der Waals surface area contributed by atoms with Crippen LogP contribution in [0.15, 0.2) is 18.2 Å². The van der Waals surface area contributed by atoms with Crippen LogP contribution in [-0.2, 0) is 6.42 Å². The Morgan fingerprint density at radius 3 is 2.89 bits per heavy atom. The first kappa shape index (κ1) is 6.14. The second kappa shape index (κ2) is 2.53. The van der Waals surface area contributed by atoms with Gasteiger partial charge in [0.15, 0.2) is 0 Å². The second-order valence-electron chi connectivity index (χ2n) is 1.98. The molecule has 0 aliphatic carbocycles. The molecule has 47 valence electrons. The standard InChI is InChI=1S/C8H10N/c1-2-7-5-3-4-6-8(7)9/h3,5-6H,2,9H2,1H3. The molecule has 9 heavy (non-hydrogen) atoms. The summed E-state index contributed by atoms with van der Waals surface area (Å²) in [5.74, 6) is 0. The van der Waals surface area contributed by atoms with E-state index in [-0.39, 0.29) is 0 Å². The molecule has 1 aromatic carbocycles. The van der Waals surface area contributed by atoms with Crippen LogP contribution < -0.4 is 5.73 Å². The minimum absolute atomic E-state index is 0.847. The van der Waals surface area contributed by atoms with Gasteiger partial charge in [-0.2, -0.15) is 0 Å². The minimum Gasteiger partial charge on any atom is -0.398 e. The van der Waals surface area contributed by atoms with Gasteiger partial charge in [-0.1, -0.05) is 19.1 Å². The maximum Gasteiger partial charge on any atom is 0.0352 e. The zero-order valence-corrected chi connectivity index (χ0v) is 5.52. The van der Waals surface area contributed by atoms with Crippen molar-refractivity contribution in [1.29, 1.82) is 0 Å². The molecule has 0 bridgehead atoms. The van der Waals surface area contributed by atoms with E-state index in [0.717, 1.165) is 12.1 Å². The van der Waals surface area contributed by atoms with Crippen molar-refractivity contribution in [3.63, 3.8) is 0 Å². The molecule has 0 aliphatic rings. The first-order chi connectivity index (χ1) is 4.34. The van der Waals surface area contributed by atoms with Gasteiger partial charge in [-0.25, -0.2) is 0 Å². The number of hydrogen-bond acceptors (Lipinski definition) is 1. The summed E-state index contributed by atoms with van der Waals surface area (Å²) in [6, 6.07) is 8.59. The molecule has 0 aliphatic heterocycles. The van der Waals surface area contributed by atoms with Crippen LogP contribution in [0.5, 0.6) is 0 Å². The molecule has 0 heterocycles. The summed E-state index contributed by atoms with van der Waals surface area (Å²) in [5.41, 5.74) is 7.65. The van der Waals surface area contributed by atoms with Crippen LogP contribution >= 0.6 is 0 Å². The van der Waals surface area contributed by atoms with E-state index in [2.05, 4.69) is 13.0 Å². The summed E-state index contributed by atoms with van der Waals surface area (Å²) in [6.07, 6.45) is 1.00. The normalized spacial score (nSPS) is 9.44. The van der Waals surface area contributed by atoms with Crippen molar-refractivity contribution in [2.24, 2.45) is 0 Å². The average molecular weight is 120 g/mol. The Hall–Kier alpha value is -0.980. The molecule has 0 spiro atoms. The quantitative estimate of drug-likeness (QED) is 0.560. The number of rotatable bonds is 1. The summed E-state index contributed by atoms with van der Waals surface area (Å²) in [6.45, 7) is 2.09. The Kier molecular flexibility index (Phi) is 1.73. The van der Waals surface area contributed by atoms with Crippen molar-refractivity contribution in [2.75, 3.05) is 5.73 Å². The Morgan fingerprint density at radius 1 is 1.67 bits per heavy atom. The first-order valence-corrected chi connectivity index (χ1v) is 3.09. The summed E-state index contributed by atoms with van der Waals surface area (Å²) >= 11 is 0. The van der Waals surface area contributed by atoms with Crippen molar-refractivity contribution in [1.82, 2.24) is 0 Å². The van der Waals surface area contributed by atoms with E-state index in [4.69, 9.17) is 5.73 Å². The van der Waals surface area contributed by atoms with Crippen molar-refractivity contribution < 1.29 is 0 Å². The monoisotopic (exact) mass is 120 g/mol. The van der Waals surface area contributed by atoms with Crippen molar-refractivity contribution in [2.45, 2.75) is 13.3 Å². The van der Waals surface area contributed by atoms with E-state index in [0.29, 0.717) is 0 Å². The van der Waals surface area contributed by atoms with E-state index in [1.807, 2.05) is 12.1 Å². The lowest BCUT2D eigenvalue weighted by Crippen LogP contribution is -1.90. The highest BCUT2D eigenvalue weighted by atomic mass is 14.5. The first-order valence-electron chi connectivity index (χ1n) is 3.09. The second-order valence-corrected chi connectivity index (χ2v) is 1.98. The van der Waals surface area contributed by atoms with Crippen LogP contribution in [0.1, 0.15) is 12.5 Å². The fourth-order valence-corrected chi connectivity index (χ4v) is 0.797. The summed E-state index contributed by atoms with van der Waals surface area (Å²) in [7, 11) is 0. The van der Waals surface area contributed by atoms with E-state index in [9.17, 15) is 0 Å². The lowest BCUT2D eigenvalue weighted by molar-refractivity contribution is 1.14. The average Bonchev–Trinajstić information content (AvgIpc) is 1.89. The molecule has 0 atom stereocenters. The van der Waals surface area contributed by atoms with Gasteiger partial charge in [0.05, 0.1) is 0 Å². The van der Waals surface area contributed by atoms with Crippen LogP contribution in [-0.4, -0.2) is 0 Å². The highest BCUT2D eigenvalue weighted by Crippen LogP contribution is 2.09. The summed E-state index contributed by atoms with van der Waals surface area (Å²) < 4.78 is 0. The fourth-order valence-electron chi connectivity index (χ4n) is 0.797.